The van der Waals surface area contributed by atoms with Crippen molar-refractivity contribution < 1.29 is 0 Å². The molecule has 0 atom stereocenters. The van der Waals surface area contributed by atoms with Crippen LogP contribution in [0.15, 0.2) is 33.4 Å². The first-order valence-corrected chi connectivity index (χ1v) is 4.18. The van der Waals surface area contributed by atoms with Gasteiger partial charge in [-0.05, 0) is 38.5 Å². The molecule has 0 saturated heterocycles. The number of nitrogens with zero attached hydrogens (tertiary/aromatic N) is 2. The molecule has 0 aromatic rings. The molecule has 0 saturated carbocycles. The van der Waals surface area contributed by atoms with Gasteiger partial charge in [-0.25, -0.2) is 0 Å². The second-order valence-electron chi connectivity index (χ2n) is 2.85. The van der Waals surface area contributed by atoms with Gasteiger partial charge in [0.15, 0.2) is 0 Å². The third kappa shape index (κ3) is 1.91. The molecule has 2 heteroatoms. The first-order chi connectivity index (χ1) is 5.75. The van der Waals surface area contributed by atoms with Gasteiger partial charge in [-0.15, -0.1) is 0 Å². The Morgan fingerprint density at radius 2 is 2.25 bits per heavy atom. The molecule has 0 fully saturated rings. The molecule has 2 nitrogen and oxygen atoms in total. The highest BCUT2D eigenvalue weighted by molar-refractivity contribution is 6.13. The summed E-state index contributed by atoms with van der Waals surface area (Å²) in [6, 6.07) is 0. The van der Waals surface area contributed by atoms with E-state index in [1.807, 2.05) is 19.1 Å². The molecule has 0 N–H and O–H groups in total. The molecule has 0 aliphatic carbocycles. The van der Waals surface area contributed by atoms with Crippen molar-refractivity contribution in [3.63, 3.8) is 0 Å². The molecule has 12 heavy (non-hydrogen) atoms. The molecule has 1 aliphatic rings. The first kappa shape index (κ1) is 8.91. The predicted octanol–water partition coefficient (Wildman–Crippen LogP) is 2.38. The summed E-state index contributed by atoms with van der Waals surface area (Å²) in [5, 5.41) is 0. The van der Waals surface area contributed by atoms with Crippen molar-refractivity contribution in [2.75, 3.05) is 6.54 Å². The van der Waals surface area contributed by atoms with E-state index in [0.29, 0.717) is 0 Å². The topological polar surface area (TPSA) is 24.7 Å². The minimum absolute atomic E-state index is 0.811. The number of hydrogen-bond acceptors (Lipinski definition) is 2. The Morgan fingerprint density at radius 1 is 1.50 bits per heavy atom. The Kier molecular flexibility index (Phi) is 2.97. The van der Waals surface area contributed by atoms with Crippen LogP contribution in [0.5, 0.6) is 0 Å². The zero-order valence-corrected chi connectivity index (χ0v) is 7.83. The summed E-state index contributed by atoms with van der Waals surface area (Å²) in [4.78, 5) is 8.61. The zero-order chi connectivity index (χ0) is 8.97. The lowest BCUT2D eigenvalue weighted by Gasteiger charge is -2.07. The van der Waals surface area contributed by atoms with Gasteiger partial charge in [-0.3, -0.25) is 9.98 Å². The molecule has 64 valence electrons. The highest BCUT2D eigenvalue weighted by Crippen LogP contribution is 2.11. The van der Waals surface area contributed by atoms with Crippen LogP contribution in [0.1, 0.15) is 20.8 Å². The minimum Gasteiger partial charge on any atom is -0.283 e. The van der Waals surface area contributed by atoms with Crippen molar-refractivity contribution in [3.05, 3.63) is 23.4 Å². The van der Waals surface area contributed by atoms with Crippen molar-refractivity contribution in [3.8, 4) is 0 Å². The number of allylic oxidation sites excluding steroid dienone is 3. The molecule has 1 aliphatic heterocycles. The van der Waals surface area contributed by atoms with Gasteiger partial charge in [0.25, 0.3) is 0 Å². The van der Waals surface area contributed by atoms with Crippen LogP contribution in [0.25, 0.3) is 0 Å². The van der Waals surface area contributed by atoms with Gasteiger partial charge in [-0.2, -0.15) is 0 Å². The van der Waals surface area contributed by atoms with E-state index in [2.05, 4.69) is 23.8 Å². The van der Waals surface area contributed by atoms with Gasteiger partial charge in [-0.1, -0.05) is 0 Å². The number of hydrogen-bond donors (Lipinski definition) is 0. The molecule has 0 bridgehead atoms. The summed E-state index contributed by atoms with van der Waals surface area (Å²) in [7, 11) is 0. The van der Waals surface area contributed by atoms with Crippen LogP contribution in [-0.4, -0.2) is 18.5 Å². The van der Waals surface area contributed by atoms with Crippen molar-refractivity contribution in [1.29, 1.82) is 0 Å². The number of aliphatic imine (C=N–C) groups is 2. The second-order valence-corrected chi connectivity index (χ2v) is 2.85. The highest BCUT2D eigenvalue weighted by Gasteiger charge is 2.05. The van der Waals surface area contributed by atoms with E-state index in [-0.39, 0.29) is 0 Å². The molecule has 1 rings (SSSR count). The SMILES string of the molecule is CCN=C1C=CC=NC1=C(C)C. The lowest BCUT2D eigenvalue weighted by Crippen LogP contribution is -2.03. The van der Waals surface area contributed by atoms with Gasteiger partial charge in [0.1, 0.15) is 0 Å². The number of rotatable bonds is 1. The summed E-state index contributed by atoms with van der Waals surface area (Å²) in [6.45, 7) is 6.95. The van der Waals surface area contributed by atoms with Gasteiger partial charge < -0.3 is 0 Å². The number of dihydropyridines is 1. The van der Waals surface area contributed by atoms with E-state index in [0.717, 1.165) is 18.0 Å². The van der Waals surface area contributed by atoms with Crippen LogP contribution in [0.4, 0.5) is 0 Å². The van der Waals surface area contributed by atoms with Crippen LogP contribution in [0, 0.1) is 0 Å². The zero-order valence-electron chi connectivity index (χ0n) is 7.83. The van der Waals surface area contributed by atoms with E-state index in [9.17, 15) is 0 Å². The maximum Gasteiger partial charge on any atom is 0.0868 e. The van der Waals surface area contributed by atoms with E-state index < -0.39 is 0 Å². The third-order valence-electron chi connectivity index (χ3n) is 1.59. The molecule has 0 spiro atoms. The standard InChI is InChI=1S/C10H14N2/c1-4-11-9-6-5-7-12-10(9)8(2)3/h5-7H,4H2,1-3H3. The Morgan fingerprint density at radius 3 is 2.83 bits per heavy atom. The van der Waals surface area contributed by atoms with Crippen LogP contribution >= 0.6 is 0 Å². The second kappa shape index (κ2) is 4.00. The molecule has 0 aromatic carbocycles. The molecular weight excluding hydrogens is 148 g/mol. The maximum absolute atomic E-state index is 4.34. The summed E-state index contributed by atoms with van der Waals surface area (Å²) >= 11 is 0. The van der Waals surface area contributed by atoms with Gasteiger partial charge >= 0.3 is 0 Å². The minimum atomic E-state index is 0.811. The lowest BCUT2D eigenvalue weighted by atomic mass is 10.1. The quantitative estimate of drug-likeness (QED) is 0.565. The normalized spacial score (nSPS) is 18.9. The van der Waals surface area contributed by atoms with Crippen molar-refractivity contribution in [1.82, 2.24) is 0 Å². The Labute approximate surface area is 73.4 Å². The fourth-order valence-corrected chi connectivity index (χ4v) is 1.08. The Balaban J connectivity index is 3.02. The Hall–Kier alpha value is -1.18. The lowest BCUT2D eigenvalue weighted by molar-refractivity contribution is 1.12. The smallest absolute Gasteiger partial charge is 0.0868 e. The molecular formula is C10H14N2. The predicted molar refractivity (Wildman–Crippen MR) is 54.0 cm³/mol. The largest absolute Gasteiger partial charge is 0.283 e. The van der Waals surface area contributed by atoms with Crippen LogP contribution < -0.4 is 0 Å². The van der Waals surface area contributed by atoms with E-state index in [1.165, 1.54) is 5.57 Å². The molecule has 0 radical (unpaired) electrons. The molecule has 0 amide bonds. The van der Waals surface area contributed by atoms with Crippen LogP contribution in [0.2, 0.25) is 0 Å². The van der Waals surface area contributed by atoms with E-state index in [4.69, 9.17) is 0 Å². The van der Waals surface area contributed by atoms with Crippen LogP contribution in [0.3, 0.4) is 0 Å². The van der Waals surface area contributed by atoms with Crippen molar-refractivity contribution in [2.24, 2.45) is 9.98 Å². The average molecular weight is 162 g/mol. The third-order valence-corrected chi connectivity index (χ3v) is 1.59. The van der Waals surface area contributed by atoms with E-state index in [1.54, 1.807) is 6.21 Å². The summed E-state index contributed by atoms with van der Waals surface area (Å²) in [6.07, 6.45) is 5.72. The Bertz CT molecular complexity index is 276. The highest BCUT2D eigenvalue weighted by atomic mass is 14.8. The van der Waals surface area contributed by atoms with Crippen molar-refractivity contribution >= 4 is 11.9 Å². The summed E-state index contributed by atoms with van der Waals surface area (Å²) in [5.41, 5.74) is 3.22. The summed E-state index contributed by atoms with van der Waals surface area (Å²) < 4.78 is 0. The monoisotopic (exact) mass is 162 g/mol. The fraction of sp³-hybridized carbons (Fsp3) is 0.400. The van der Waals surface area contributed by atoms with Gasteiger partial charge in [0, 0.05) is 12.8 Å². The van der Waals surface area contributed by atoms with E-state index >= 15 is 0 Å². The molecule has 1 heterocycles. The maximum atomic E-state index is 4.34. The van der Waals surface area contributed by atoms with Gasteiger partial charge in [0.05, 0.1) is 11.4 Å². The average Bonchev–Trinajstić information content (AvgIpc) is 2.05. The first-order valence-electron chi connectivity index (χ1n) is 4.18. The molecule has 0 aromatic heterocycles. The van der Waals surface area contributed by atoms with Crippen molar-refractivity contribution in [2.45, 2.75) is 20.8 Å². The fourth-order valence-electron chi connectivity index (χ4n) is 1.08. The van der Waals surface area contributed by atoms with Gasteiger partial charge in [0.2, 0.25) is 0 Å². The van der Waals surface area contributed by atoms with Crippen LogP contribution in [-0.2, 0) is 0 Å². The molecule has 0 unspecified atom stereocenters. The summed E-state index contributed by atoms with van der Waals surface area (Å²) in [5.74, 6) is 0.